The highest BCUT2D eigenvalue weighted by molar-refractivity contribution is 6.09. The summed E-state index contributed by atoms with van der Waals surface area (Å²) in [6, 6.07) is 0. The summed E-state index contributed by atoms with van der Waals surface area (Å²) >= 11 is 0. The summed E-state index contributed by atoms with van der Waals surface area (Å²) in [5, 5.41) is 24.6. The standard InChI is InChI=1S/C38H57N5O6/c1-21(2)28-23(44)19-38(30(46)39-32-40-42-43(10)41-32)18-17-36(8)22(29(28)38)11-12-25-35(7)15-14-26(49-27(45)20-33(3,4)31(47)48)34(5,6)24(35)13-16-37(25,36)9/h21-22,24-26H,11-20H2,1-10H3,(H,47,48)(H,39,41,46)/t22?,24?,25?,26-,35-,36+,37+,38+/m0/s1. The third kappa shape index (κ3) is 5.13. The number of ether oxygens (including phenoxy) is 1. The van der Waals surface area contributed by atoms with Gasteiger partial charge in [-0.1, -0.05) is 53.6 Å². The van der Waals surface area contributed by atoms with Crippen molar-refractivity contribution in [1.29, 1.82) is 0 Å². The molecule has 49 heavy (non-hydrogen) atoms. The molecule has 4 saturated carbocycles. The molecule has 4 fully saturated rings. The lowest BCUT2D eigenvalue weighted by molar-refractivity contribution is -0.233. The van der Waals surface area contributed by atoms with E-state index in [-0.39, 0.29) is 70.1 Å². The predicted molar refractivity (Wildman–Crippen MR) is 183 cm³/mol. The molecule has 8 atom stereocenters. The smallest absolute Gasteiger partial charge is 0.309 e. The third-order valence-corrected chi connectivity index (χ3v) is 15.0. The number of aliphatic carboxylic acids is 1. The summed E-state index contributed by atoms with van der Waals surface area (Å²) in [5.74, 6) is -0.452. The molecule has 1 aromatic rings. The first-order valence-corrected chi connectivity index (χ1v) is 18.4. The topological polar surface area (TPSA) is 153 Å². The number of Topliss-reactive ketones (excluding diaryl/α,β-unsaturated/α-hetero) is 1. The minimum absolute atomic E-state index is 0.0118. The van der Waals surface area contributed by atoms with E-state index in [4.69, 9.17) is 4.74 Å². The van der Waals surface area contributed by atoms with Crippen LogP contribution in [0.4, 0.5) is 5.95 Å². The Bertz CT molecular complexity index is 1610. The molecule has 5 aliphatic rings. The van der Waals surface area contributed by atoms with Gasteiger partial charge in [0.1, 0.15) is 6.10 Å². The number of tetrazole rings is 1. The van der Waals surface area contributed by atoms with Gasteiger partial charge in [0.25, 0.3) is 5.95 Å². The van der Waals surface area contributed by atoms with Crippen molar-refractivity contribution in [2.45, 2.75) is 133 Å². The van der Waals surface area contributed by atoms with E-state index < -0.39 is 22.8 Å². The number of aromatic nitrogens is 4. The molecule has 0 spiro atoms. The maximum absolute atomic E-state index is 14.3. The highest BCUT2D eigenvalue weighted by Gasteiger charge is 2.71. The van der Waals surface area contributed by atoms with Crippen LogP contribution in [-0.2, 0) is 31.0 Å². The van der Waals surface area contributed by atoms with Crippen molar-refractivity contribution in [3.63, 3.8) is 0 Å². The SMILES string of the molecule is CC(C)C1=C2C3CCC4[C@@]5(C)CC[C@H](OC(=O)CC(C)(C)C(=O)O)C(C)(C)C5CC[C@@]4(C)[C@]3(C)CC[C@@]2(C(=O)Nc2nnn(C)n2)CC1=O. The number of ketones is 1. The summed E-state index contributed by atoms with van der Waals surface area (Å²) < 4.78 is 6.13. The second kappa shape index (κ2) is 11.5. The normalized spacial score (nSPS) is 38.3. The summed E-state index contributed by atoms with van der Waals surface area (Å²) in [5.41, 5.74) is -0.499. The van der Waals surface area contributed by atoms with Crippen molar-refractivity contribution in [3.8, 4) is 0 Å². The lowest BCUT2D eigenvalue weighted by atomic mass is 9.33. The van der Waals surface area contributed by atoms with E-state index in [1.807, 2.05) is 0 Å². The number of rotatable bonds is 7. The fourth-order valence-electron chi connectivity index (χ4n) is 12.3. The van der Waals surface area contributed by atoms with Gasteiger partial charge in [0, 0.05) is 11.8 Å². The van der Waals surface area contributed by atoms with Crippen molar-refractivity contribution in [1.82, 2.24) is 20.2 Å². The van der Waals surface area contributed by atoms with Gasteiger partial charge in [-0.3, -0.25) is 24.5 Å². The molecule has 6 rings (SSSR count). The van der Waals surface area contributed by atoms with Gasteiger partial charge in [0.2, 0.25) is 5.91 Å². The zero-order chi connectivity index (χ0) is 36.1. The first-order chi connectivity index (χ1) is 22.6. The molecule has 1 aromatic heterocycles. The molecular formula is C38H57N5O6. The molecular weight excluding hydrogens is 622 g/mol. The van der Waals surface area contributed by atoms with E-state index in [0.717, 1.165) is 56.1 Å². The Kier molecular flexibility index (Phi) is 8.35. The van der Waals surface area contributed by atoms with Crippen molar-refractivity contribution in [2.75, 3.05) is 5.32 Å². The molecule has 270 valence electrons. The Labute approximate surface area is 290 Å². The molecule has 11 nitrogen and oxygen atoms in total. The monoisotopic (exact) mass is 679 g/mol. The van der Waals surface area contributed by atoms with Crippen LogP contribution in [0.5, 0.6) is 0 Å². The number of amides is 1. The minimum atomic E-state index is -1.18. The van der Waals surface area contributed by atoms with Crippen molar-refractivity contribution in [3.05, 3.63) is 11.1 Å². The van der Waals surface area contributed by atoms with Crippen LogP contribution >= 0.6 is 0 Å². The molecule has 1 heterocycles. The molecule has 0 bridgehead atoms. The number of nitrogens with zero attached hydrogens (tertiary/aromatic N) is 4. The Hall–Kier alpha value is -3.11. The minimum Gasteiger partial charge on any atom is -0.481 e. The molecule has 5 aliphatic carbocycles. The molecule has 0 aromatic carbocycles. The molecule has 1 amide bonds. The van der Waals surface area contributed by atoms with Crippen LogP contribution in [-0.4, -0.2) is 55.0 Å². The Balaban J connectivity index is 1.31. The predicted octanol–water partition coefficient (Wildman–Crippen LogP) is 6.54. The maximum Gasteiger partial charge on any atom is 0.309 e. The number of aryl methyl sites for hydroxylation is 1. The fourth-order valence-corrected chi connectivity index (χ4v) is 12.3. The van der Waals surface area contributed by atoms with E-state index in [1.54, 1.807) is 20.9 Å². The highest BCUT2D eigenvalue weighted by atomic mass is 16.5. The Morgan fingerprint density at radius 1 is 0.980 bits per heavy atom. The van der Waals surface area contributed by atoms with E-state index in [2.05, 4.69) is 69.2 Å². The van der Waals surface area contributed by atoms with Crippen LogP contribution in [0.25, 0.3) is 0 Å². The number of esters is 1. The number of nitrogens with one attached hydrogen (secondary N) is 1. The molecule has 0 radical (unpaired) electrons. The quantitative estimate of drug-likeness (QED) is 0.306. The number of carboxylic acid groups (broad SMARTS) is 1. The van der Waals surface area contributed by atoms with Crippen LogP contribution in [0.1, 0.15) is 127 Å². The van der Waals surface area contributed by atoms with Gasteiger partial charge < -0.3 is 9.84 Å². The van der Waals surface area contributed by atoms with Gasteiger partial charge >= 0.3 is 11.9 Å². The first kappa shape index (κ1) is 35.7. The summed E-state index contributed by atoms with van der Waals surface area (Å²) in [4.78, 5) is 54.2. The van der Waals surface area contributed by atoms with Crippen molar-refractivity contribution >= 4 is 29.6 Å². The third-order valence-electron chi connectivity index (χ3n) is 15.0. The van der Waals surface area contributed by atoms with E-state index in [1.165, 1.54) is 4.80 Å². The Morgan fingerprint density at radius 2 is 1.67 bits per heavy atom. The fraction of sp³-hybridized carbons (Fsp3) is 0.816. The number of carboxylic acids is 1. The average Bonchev–Trinajstić information content (AvgIpc) is 3.54. The number of anilines is 1. The van der Waals surface area contributed by atoms with Crippen molar-refractivity contribution in [2.24, 2.45) is 63.2 Å². The molecule has 2 N–H and O–H groups in total. The Morgan fingerprint density at radius 3 is 2.29 bits per heavy atom. The number of carbonyl (C=O) groups excluding carboxylic acids is 3. The lowest BCUT2D eigenvalue weighted by Gasteiger charge is -2.72. The van der Waals surface area contributed by atoms with Gasteiger partial charge in [-0.2, -0.15) is 4.80 Å². The lowest BCUT2D eigenvalue weighted by Crippen LogP contribution is -2.66. The van der Waals surface area contributed by atoms with Gasteiger partial charge in [-0.25, -0.2) is 0 Å². The molecule has 11 heteroatoms. The van der Waals surface area contributed by atoms with Crippen LogP contribution < -0.4 is 5.32 Å². The summed E-state index contributed by atoms with van der Waals surface area (Å²) in [6.07, 6.45) is 6.94. The molecule has 0 saturated heterocycles. The maximum atomic E-state index is 14.3. The van der Waals surface area contributed by atoms with Gasteiger partial charge in [0.15, 0.2) is 5.78 Å². The van der Waals surface area contributed by atoms with E-state index in [9.17, 15) is 24.3 Å². The zero-order valence-electron chi connectivity index (χ0n) is 31.2. The number of fused-ring (bicyclic) bond motifs is 7. The summed E-state index contributed by atoms with van der Waals surface area (Å²) in [6.45, 7) is 19.2. The van der Waals surface area contributed by atoms with Gasteiger partial charge in [-0.05, 0) is 121 Å². The van der Waals surface area contributed by atoms with Crippen LogP contribution in [0.3, 0.4) is 0 Å². The van der Waals surface area contributed by atoms with Crippen LogP contribution in [0, 0.1) is 56.2 Å². The summed E-state index contributed by atoms with van der Waals surface area (Å²) in [7, 11) is 1.66. The van der Waals surface area contributed by atoms with Crippen LogP contribution in [0.15, 0.2) is 11.1 Å². The zero-order valence-corrected chi connectivity index (χ0v) is 31.2. The number of allylic oxidation sites excluding steroid dienone is 1. The second-order valence-electron chi connectivity index (χ2n) is 18.5. The number of carbonyl (C=O) groups is 4. The van der Waals surface area contributed by atoms with Crippen LogP contribution in [0.2, 0.25) is 0 Å². The molecule has 0 aliphatic heterocycles. The van der Waals surface area contributed by atoms with Crippen molar-refractivity contribution < 1.29 is 29.0 Å². The van der Waals surface area contributed by atoms with Gasteiger partial charge in [0.05, 0.1) is 24.3 Å². The van der Waals surface area contributed by atoms with E-state index >= 15 is 0 Å². The van der Waals surface area contributed by atoms with Gasteiger partial charge in [-0.15, -0.1) is 5.10 Å². The largest absolute Gasteiger partial charge is 0.481 e. The van der Waals surface area contributed by atoms with E-state index in [0.29, 0.717) is 18.3 Å². The highest BCUT2D eigenvalue weighted by Crippen LogP contribution is 2.76. The average molecular weight is 680 g/mol. The second-order valence-corrected chi connectivity index (χ2v) is 18.5. The number of hydrogen-bond donors (Lipinski definition) is 2. The number of hydrogen-bond acceptors (Lipinski definition) is 8. The first-order valence-electron chi connectivity index (χ1n) is 18.4. The molecule has 3 unspecified atom stereocenters.